The number of rotatable bonds is 3. The fraction of sp³-hybridized carbons (Fsp3) is 0.400. The molecule has 1 aromatic rings. The van der Waals surface area contributed by atoms with Gasteiger partial charge < -0.3 is 4.90 Å². The molecule has 0 radical (unpaired) electrons. The Morgan fingerprint density at radius 1 is 1.08 bits per heavy atom. The number of likely N-dealkylation sites (N-methyl/N-ethyl adjacent to an activating group) is 1. The lowest BCUT2D eigenvalue weighted by Gasteiger charge is -2.08. The first-order valence-electron chi connectivity index (χ1n) is 3.97. The summed E-state index contributed by atoms with van der Waals surface area (Å²) in [5.41, 5.74) is 1.42. The predicted octanol–water partition coefficient (Wildman–Crippen LogP) is 2.21. The summed E-state index contributed by atoms with van der Waals surface area (Å²) in [5, 5.41) is 0. The molecule has 0 aliphatic carbocycles. The van der Waals surface area contributed by atoms with Crippen molar-refractivity contribution in [1.29, 1.82) is 0 Å². The van der Waals surface area contributed by atoms with Gasteiger partial charge >= 0.3 is 0 Å². The van der Waals surface area contributed by atoms with Crippen LogP contribution in [0.15, 0.2) is 30.3 Å². The van der Waals surface area contributed by atoms with Gasteiger partial charge in [0.2, 0.25) is 0 Å². The Morgan fingerprint density at radius 3 is 2.17 bits per heavy atom. The Hall–Kier alpha value is -0.530. The van der Waals surface area contributed by atoms with Gasteiger partial charge in [-0.2, -0.15) is 0 Å². The lowest BCUT2D eigenvalue weighted by Crippen LogP contribution is -2.14. The van der Waals surface area contributed by atoms with Gasteiger partial charge in [-0.25, -0.2) is 0 Å². The summed E-state index contributed by atoms with van der Waals surface area (Å²) in [5.74, 6) is 0. The summed E-state index contributed by atoms with van der Waals surface area (Å²) in [6.07, 6.45) is 1.15. The van der Waals surface area contributed by atoms with E-state index in [4.69, 9.17) is 0 Å². The fourth-order valence-corrected chi connectivity index (χ4v) is 0.997. The molecule has 0 N–H and O–H groups in total. The minimum atomic E-state index is 0. The van der Waals surface area contributed by atoms with Gasteiger partial charge in [-0.1, -0.05) is 30.3 Å². The van der Waals surface area contributed by atoms with Crippen LogP contribution in [-0.2, 0) is 6.42 Å². The Balaban J connectivity index is 0.00000121. The quantitative estimate of drug-likeness (QED) is 0.698. The van der Waals surface area contributed by atoms with E-state index in [9.17, 15) is 0 Å². The lowest BCUT2D eigenvalue weighted by molar-refractivity contribution is 0.413. The number of hydrogen-bond acceptors (Lipinski definition) is 1. The smallest absolute Gasteiger partial charge is 0.00157 e. The molecule has 12 heavy (non-hydrogen) atoms. The first kappa shape index (κ1) is 11.5. The first-order valence-corrected chi connectivity index (χ1v) is 3.97. The molecule has 2 heteroatoms. The maximum absolute atomic E-state index is 2.20. The average Bonchev–Trinajstić information content (AvgIpc) is 2.03. The highest BCUT2D eigenvalue weighted by molar-refractivity contribution is 5.85. The van der Waals surface area contributed by atoms with Crippen LogP contribution in [0.2, 0.25) is 0 Å². The molecule has 0 saturated carbocycles. The van der Waals surface area contributed by atoms with Gasteiger partial charge in [0.25, 0.3) is 0 Å². The van der Waals surface area contributed by atoms with E-state index in [-0.39, 0.29) is 12.4 Å². The molecule has 0 unspecified atom stereocenters. The van der Waals surface area contributed by atoms with E-state index in [1.807, 2.05) is 0 Å². The Kier molecular flexibility index (Phi) is 5.77. The molecule has 0 heterocycles. The Morgan fingerprint density at radius 2 is 1.67 bits per heavy atom. The molecular formula is C10H16ClN. The number of hydrogen-bond donors (Lipinski definition) is 0. The highest BCUT2D eigenvalue weighted by Crippen LogP contribution is 1.99. The summed E-state index contributed by atoms with van der Waals surface area (Å²) >= 11 is 0. The molecular weight excluding hydrogens is 170 g/mol. The molecule has 0 saturated heterocycles. The normalized spacial score (nSPS) is 9.58. The van der Waals surface area contributed by atoms with Crippen molar-refractivity contribution in [1.82, 2.24) is 4.90 Å². The van der Waals surface area contributed by atoms with Crippen molar-refractivity contribution < 1.29 is 0 Å². The van der Waals surface area contributed by atoms with Gasteiger partial charge in [-0.05, 0) is 26.1 Å². The van der Waals surface area contributed by atoms with Crippen molar-refractivity contribution in [2.75, 3.05) is 20.6 Å². The van der Waals surface area contributed by atoms with Gasteiger partial charge in [0.1, 0.15) is 0 Å². The highest BCUT2D eigenvalue weighted by Gasteiger charge is 1.91. The van der Waals surface area contributed by atoms with Crippen LogP contribution in [0.25, 0.3) is 0 Å². The van der Waals surface area contributed by atoms with Crippen LogP contribution < -0.4 is 0 Å². The van der Waals surface area contributed by atoms with Crippen LogP contribution in [0.1, 0.15) is 5.56 Å². The van der Waals surface area contributed by atoms with E-state index in [2.05, 4.69) is 49.3 Å². The summed E-state index contributed by atoms with van der Waals surface area (Å²) in [6, 6.07) is 10.6. The van der Waals surface area contributed by atoms with Crippen LogP contribution in [0.4, 0.5) is 0 Å². The van der Waals surface area contributed by atoms with Gasteiger partial charge in [0.15, 0.2) is 0 Å². The van der Waals surface area contributed by atoms with E-state index in [1.165, 1.54) is 5.56 Å². The van der Waals surface area contributed by atoms with Crippen molar-refractivity contribution in [2.45, 2.75) is 6.42 Å². The fourth-order valence-electron chi connectivity index (χ4n) is 0.997. The standard InChI is InChI=1S/C10H15N.ClH/c1-11(2)9-8-10-6-4-3-5-7-10;/h3-7H,8-9H2,1-2H3;1H. The van der Waals surface area contributed by atoms with E-state index >= 15 is 0 Å². The largest absolute Gasteiger partial charge is 0.309 e. The minimum absolute atomic E-state index is 0. The summed E-state index contributed by atoms with van der Waals surface area (Å²) < 4.78 is 0. The third-order valence-corrected chi connectivity index (χ3v) is 1.69. The topological polar surface area (TPSA) is 3.24 Å². The van der Waals surface area contributed by atoms with Gasteiger partial charge in [0.05, 0.1) is 0 Å². The van der Waals surface area contributed by atoms with Crippen molar-refractivity contribution in [3.8, 4) is 0 Å². The maximum Gasteiger partial charge on any atom is 0.00157 e. The lowest BCUT2D eigenvalue weighted by atomic mass is 10.1. The van der Waals surface area contributed by atoms with Crippen molar-refractivity contribution in [3.05, 3.63) is 35.9 Å². The van der Waals surface area contributed by atoms with Crippen LogP contribution in [0.5, 0.6) is 0 Å². The van der Waals surface area contributed by atoms with Crippen LogP contribution in [0.3, 0.4) is 0 Å². The summed E-state index contributed by atoms with van der Waals surface area (Å²) in [4.78, 5) is 2.20. The van der Waals surface area contributed by atoms with E-state index in [0.717, 1.165) is 13.0 Å². The third kappa shape index (κ3) is 4.37. The molecule has 0 amide bonds. The second-order valence-corrected chi connectivity index (χ2v) is 3.04. The zero-order valence-corrected chi connectivity index (χ0v) is 8.47. The van der Waals surface area contributed by atoms with Crippen molar-refractivity contribution >= 4 is 12.4 Å². The molecule has 0 aliphatic heterocycles. The second kappa shape index (κ2) is 6.04. The third-order valence-electron chi connectivity index (χ3n) is 1.69. The van der Waals surface area contributed by atoms with Gasteiger partial charge in [0, 0.05) is 6.54 Å². The maximum atomic E-state index is 2.20. The number of halogens is 1. The molecule has 68 valence electrons. The van der Waals surface area contributed by atoms with E-state index in [1.54, 1.807) is 0 Å². The van der Waals surface area contributed by atoms with Gasteiger partial charge in [-0.3, -0.25) is 0 Å². The van der Waals surface area contributed by atoms with E-state index in [0.29, 0.717) is 0 Å². The molecule has 0 spiro atoms. The molecule has 0 atom stereocenters. The monoisotopic (exact) mass is 185 g/mol. The van der Waals surface area contributed by atoms with Crippen LogP contribution >= 0.6 is 12.4 Å². The zero-order chi connectivity index (χ0) is 8.10. The average molecular weight is 186 g/mol. The van der Waals surface area contributed by atoms with Gasteiger partial charge in [-0.15, -0.1) is 12.4 Å². The Bertz CT molecular complexity index is 196. The number of nitrogens with zero attached hydrogens (tertiary/aromatic N) is 1. The second-order valence-electron chi connectivity index (χ2n) is 3.04. The zero-order valence-electron chi connectivity index (χ0n) is 7.66. The summed E-state index contributed by atoms with van der Waals surface area (Å²) in [7, 11) is 4.20. The first-order chi connectivity index (χ1) is 5.29. The SMILES string of the molecule is CN(C)CCc1ccccc1.Cl. The molecule has 0 fully saturated rings. The minimum Gasteiger partial charge on any atom is -0.309 e. The molecule has 1 aromatic carbocycles. The molecule has 0 bridgehead atoms. The molecule has 0 aromatic heterocycles. The van der Waals surface area contributed by atoms with E-state index < -0.39 is 0 Å². The molecule has 1 nitrogen and oxygen atoms in total. The van der Waals surface area contributed by atoms with Crippen LogP contribution in [0, 0.1) is 0 Å². The molecule has 0 aliphatic rings. The number of benzene rings is 1. The van der Waals surface area contributed by atoms with Crippen LogP contribution in [-0.4, -0.2) is 25.5 Å². The highest BCUT2D eigenvalue weighted by atomic mass is 35.5. The molecule has 1 rings (SSSR count). The summed E-state index contributed by atoms with van der Waals surface area (Å²) in [6.45, 7) is 1.13. The van der Waals surface area contributed by atoms with Crippen molar-refractivity contribution in [2.24, 2.45) is 0 Å². The predicted molar refractivity (Wildman–Crippen MR) is 55.9 cm³/mol. The van der Waals surface area contributed by atoms with Crippen molar-refractivity contribution in [3.63, 3.8) is 0 Å². The Labute approximate surface area is 80.8 Å².